The molecule has 7 heteroatoms. The Bertz CT molecular complexity index is 544. The molecule has 0 radical (unpaired) electrons. The molecule has 2 amide bonds. The van der Waals surface area contributed by atoms with Crippen LogP contribution in [0.3, 0.4) is 0 Å². The second-order valence-corrected chi connectivity index (χ2v) is 4.89. The molecule has 19 heavy (non-hydrogen) atoms. The number of imide groups is 1. The van der Waals surface area contributed by atoms with E-state index >= 15 is 0 Å². The van der Waals surface area contributed by atoms with Gasteiger partial charge in [-0.1, -0.05) is 23.2 Å². The van der Waals surface area contributed by atoms with E-state index in [0.29, 0.717) is 0 Å². The van der Waals surface area contributed by atoms with Gasteiger partial charge in [-0.15, -0.1) is 0 Å². The largest absolute Gasteiger partial charge is 0.481 e. The summed E-state index contributed by atoms with van der Waals surface area (Å²) in [5.41, 5.74) is 0.407. The number of carboxylic acids is 1. The summed E-state index contributed by atoms with van der Waals surface area (Å²) in [6, 6.07) is 2.72. The highest BCUT2D eigenvalue weighted by molar-refractivity contribution is 6.43. The lowest BCUT2D eigenvalue weighted by Gasteiger charge is -2.12. The van der Waals surface area contributed by atoms with Crippen LogP contribution in [0.25, 0.3) is 0 Å². The van der Waals surface area contributed by atoms with Crippen LogP contribution < -0.4 is 0 Å². The molecule has 100 valence electrons. The first-order valence-corrected chi connectivity index (χ1v) is 6.24. The van der Waals surface area contributed by atoms with E-state index in [0.717, 1.165) is 4.90 Å². The maximum absolute atomic E-state index is 12.0. The van der Waals surface area contributed by atoms with Gasteiger partial charge >= 0.3 is 5.97 Å². The van der Waals surface area contributed by atoms with E-state index in [1.54, 1.807) is 0 Å². The molecular weight excluding hydrogens is 293 g/mol. The van der Waals surface area contributed by atoms with E-state index in [9.17, 15) is 14.4 Å². The van der Waals surface area contributed by atoms with Gasteiger partial charge < -0.3 is 5.11 Å². The van der Waals surface area contributed by atoms with Crippen molar-refractivity contribution in [2.24, 2.45) is 0 Å². The summed E-state index contributed by atoms with van der Waals surface area (Å²) in [5.74, 6) is -1.91. The zero-order valence-corrected chi connectivity index (χ0v) is 11.2. The second kappa shape index (κ2) is 5.19. The number of amides is 2. The van der Waals surface area contributed by atoms with Gasteiger partial charge in [-0.2, -0.15) is 0 Å². The summed E-state index contributed by atoms with van der Waals surface area (Å²) in [6.07, 6.45) is 0.108. The molecule has 1 heterocycles. The van der Waals surface area contributed by atoms with Crippen molar-refractivity contribution in [2.75, 3.05) is 6.54 Å². The van der Waals surface area contributed by atoms with Crippen LogP contribution in [-0.2, 0) is 4.79 Å². The van der Waals surface area contributed by atoms with Gasteiger partial charge in [0.2, 0.25) is 0 Å². The lowest BCUT2D eigenvalue weighted by Crippen LogP contribution is -2.31. The first-order chi connectivity index (χ1) is 8.91. The molecule has 5 nitrogen and oxygen atoms in total. The molecule has 1 aromatic rings. The minimum Gasteiger partial charge on any atom is -0.481 e. The molecule has 0 bridgehead atoms. The van der Waals surface area contributed by atoms with E-state index in [2.05, 4.69) is 0 Å². The molecule has 1 aromatic carbocycles. The molecule has 0 saturated carbocycles. The molecule has 0 aromatic heterocycles. The monoisotopic (exact) mass is 301 g/mol. The quantitative estimate of drug-likeness (QED) is 0.867. The molecule has 0 atom stereocenters. The number of nitrogens with zero attached hydrogens (tertiary/aromatic N) is 1. The molecule has 1 N–H and O–H groups in total. The predicted molar refractivity (Wildman–Crippen MR) is 68.7 cm³/mol. The maximum Gasteiger partial charge on any atom is 0.303 e. The lowest BCUT2D eigenvalue weighted by molar-refractivity contribution is -0.137. The Labute approximate surface area is 118 Å². The highest BCUT2D eigenvalue weighted by Crippen LogP contribution is 2.31. The number of carbonyl (C=O) groups is 3. The summed E-state index contributed by atoms with van der Waals surface area (Å²) in [6.45, 7) is 0.0634. The Kier molecular flexibility index (Phi) is 3.78. The number of carboxylic acid groups (broad SMARTS) is 1. The van der Waals surface area contributed by atoms with Crippen molar-refractivity contribution in [3.63, 3.8) is 0 Å². The number of aliphatic carboxylic acids is 1. The van der Waals surface area contributed by atoms with Crippen molar-refractivity contribution in [2.45, 2.75) is 12.8 Å². The Balaban J connectivity index is 2.22. The molecule has 0 aliphatic carbocycles. The van der Waals surface area contributed by atoms with Crippen LogP contribution in [0.1, 0.15) is 33.6 Å². The van der Waals surface area contributed by atoms with E-state index in [1.165, 1.54) is 12.1 Å². The molecule has 0 fully saturated rings. The fourth-order valence-electron chi connectivity index (χ4n) is 1.88. The van der Waals surface area contributed by atoms with Crippen LogP contribution in [-0.4, -0.2) is 34.3 Å². The van der Waals surface area contributed by atoms with Gasteiger partial charge in [0, 0.05) is 13.0 Å². The third kappa shape index (κ3) is 2.57. The summed E-state index contributed by atoms with van der Waals surface area (Å²) in [5, 5.41) is 8.95. The van der Waals surface area contributed by atoms with Crippen molar-refractivity contribution in [1.29, 1.82) is 0 Å². The third-order valence-electron chi connectivity index (χ3n) is 2.78. The zero-order valence-electron chi connectivity index (χ0n) is 9.65. The molecule has 1 aliphatic heterocycles. The maximum atomic E-state index is 12.0. The van der Waals surface area contributed by atoms with Gasteiger partial charge in [0.25, 0.3) is 11.8 Å². The summed E-state index contributed by atoms with van der Waals surface area (Å²) in [7, 11) is 0. The Morgan fingerprint density at radius 2 is 1.58 bits per heavy atom. The van der Waals surface area contributed by atoms with Crippen molar-refractivity contribution >= 4 is 41.0 Å². The van der Waals surface area contributed by atoms with Gasteiger partial charge in [-0.3, -0.25) is 19.3 Å². The number of hydrogen-bond donors (Lipinski definition) is 1. The molecule has 2 rings (SSSR count). The minimum absolute atomic E-state index is 0.0634. The van der Waals surface area contributed by atoms with Crippen LogP contribution >= 0.6 is 23.2 Å². The number of carbonyl (C=O) groups excluding carboxylic acids is 2. The number of rotatable bonds is 4. The molecule has 0 unspecified atom stereocenters. The van der Waals surface area contributed by atoms with Crippen LogP contribution in [0.2, 0.25) is 10.0 Å². The Morgan fingerprint density at radius 3 is 2.00 bits per heavy atom. The molecule has 0 saturated heterocycles. The van der Waals surface area contributed by atoms with Crippen molar-refractivity contribution in [3.8, 4) is 0 Å². The minimum atomic E-state index is -0.970. The number of benzene rings is 1. The van der Waals surface area contributed by atoms with E-state index in [1.807, 2.05) is 0 Å². The topological polar surface area (TPSA) is 74.7 Å². The van der Waals surface area contributed by atoms with Crippen LogP contribution in [0, 0.1) is 0 Å². The Hall–Kier alpha value is -1.59. The summed E-state index contributed by atoms with van der Waals surface area (Å²) < 4.78 is 0. The van der Waals surface area contributed by atoms with Gasteiger partial charge in [-0.25, -0.2) is 0 Å². The molecule has 0 spiro atoms. The van der Waals surface area contributed by atoms with Crippen molar-refractivity contribution in [3.05, 3.63) is 33.3 Å². The third-order valence-corrected chi connectivity index (χ3v) is 3.51. The summed E-state index contributed by atoms with van der Waals surface area (Å²) in [4.78, 5) is 35.4. The van der Waals surface area contributed by atoms with E-state index in [4.69, 9.17) is 28.3 Å². The first kappa shape index (κ1) is 13.8. The van der Waals surface area contributed by atoms with E-state index < -0.39 is 17.8 Å². The van der Waals surface area contributed by atoms with E-state index in [-0.39, 0.29) is 40.6 Å². The average molecular weight is 302 g/mol. The van der Waals surface area contributed by atoms with Crippen LogP contribution in [0.5, 0.6) is 0 Å². The number of hydrogen-bond acceptors (Lipinski definition) is 3. The second-order valence-electron chi connectivity index (χ2n) is 4.07. The van der Waals surface area contributed by atoms with Gasteiger partial charge in [-0.05, 0) is 18.6 Å². The number of fused-ring (bicyclic) bond motifs is 1. The zero-order chi connectivity index (χ0) is 14.2. The molecule has 1 aliphatic rings. The first-order valence-electron chi connectivity index (χ1n) is 5.49. The normalized spacial score (nSPS) is 13.9. The van der Waals surface area contributed by atoms with Gasteiger partial charge in [0.05, 0.1) is 21.2 Å². The molecular formula is C12H9Cl2NO4. The smallest absolute Gasteiger partial charge is 0.303 e. The average Bonchev–Trinajstić information content (AvgIpc) is 2.55. The SMILES string of the molecule is O=C(O)CCCN1C(=O)c2cc(Cl)c(Cl)cc2C1=O. The summed E-state index contributed by atoms with van der Waals surface area (Å²) >= 11 is 11.6. The highest BCUT2D eigenvalue weighted by Gasteiger charge is 2.35. The van der Waals surface area contributed by atoms with Crippen LogP contribution in [0.4, 0.5) is 0 Å². The fraction of sp³-hybridized carbons (Fsp3) is 0.250. The standard InChI is InChI=1S/C12H9Cl2NO4/c13-8-4-6-7(5-9(8)14)12(19)15(11(6)18)3-1-2-10(16)17/h4-5H,1-3H2,(H,16,17). The Morgan fingerprint density at radius 1 is 1.11 bits per heavy atom. The number of halogens is 2. The highest BCUT2D eigenvalue weighted by atomic mass is 35.5. The van der Waals surface area contributed by atoms with Crippen LogP contribution in [0.15, 0.2) is 12.1 Å². The van der Waals surface area contributed by atoms with Crippen molar-refractivity contribution < 1.29 is 19.5 Å². The van der Waals surface area contributed by atoms with Crippen molar-refractivity contribution in [1.82, 2.24) is 4.90 Å². The lowest BCUT2D eigenvalue weighted by atomic mass is 10.1. The fourth-order valence-corrected chi connectivity index (χ4v) is 2.20. The van der Waals surface area contributed by atoms with Gasteiger partial charge in [0.15, 0.2) is 0 Å². The predicted octanol–water partition coefficient (Wildman–Crippen LogP) is 2.45. The van der Waals surface area contributed by atoms with Gasteiger partial charge in [0.1, 0.15) is 0 Å².